The van der Waals surface area contributed by atoms with Gasteiger partial charge in [0.05, 0.1) is 11.0 Å². The van der Waals surface area contributed by atoms with Crippen LogP contribution in [0.4, 0.5) is 0 Å². The smallest absolute Gasteiger partial charge is 0.191 e. The molecule has 1 aromatic heterocycles. The molecule has 0 spiro atoms. The molecule has 0 aliphatic carbocycles. The number of aromatic nitrogens is 1. The van der Waals surface area contributed by atoms with E-state index in [9.17, 15) is 0 Å². The molecule has 2 rings (SSSR count). The summed E-state index contributed by atoms with van der Waals surface area (Å²) in [6.07, 6.45) is 3.92. The van der Waals surface area contributed by atoms with Gasteiger partial charge in [0.15, 0.2) is 5.96 Å². The molecule has 0 fully saturated rings. The van der Waals surface area contributed by atoms with Crippen molar-refractivity contribution in [1.82, 2.24) is 15.6 Å². The standard InChI is InChI=1S/C17H23ClN4S.HI/c1-4-15-11-21-16(23-15)9-10-20-17(19-3)22-12(2)13-5-7-14(18)8-6-13;/h5-8,11-12H,4,9-10H2,1-3H3,(H2,19,20,22);1H. The topological polar surface area (TPSA) is 49.3 Å². The normalized spacial score (nSPS) is 12.4. The van der Waals surface area contributed by atoms with E-state index in [1.54, 1.807) is 18.4 Å². The Labute approximate surface area is 170 Å². The highest BCUT2D eigenvalue weighted by molar-refractivity contribution is 14.0. The van der Waals surface area contributed by atoms with Crippen molar-refractivity contribution in [3.05, 3.63) is 50.9 Å². The zero-order valence-corrected chi connectivity index (χ0v) is 18.1. The first-order chi connectivity index (χ1) is 11.1. The molecule has 1 heterocycles. The van der Waals surface area contributed by atoms with Crippen molar-refractivity contribution < 1.29 is 0 Å². The van der Waals surface area contributed by atoms with Gasteiger partial charge < -0.3 is 10.6 Å². The number of hydrogen-bond acceptors (Lipinski definition) is 3. The van der Waals surface area contributed by atoms with E-state index in [1.165, 1.54) is 10.4 Å². The van der Waals surface area contributed by atoms with E-state index in [0.29, 0.717) is 0 Å². The highest BCUT2D eigenvalue weighted by atomic mass is 127. The molecule has 132 valence electrons. The summed E-state index contributed by atoms with van der Waals surface area (Å²) in [5.41, 5.74) is 1.17. The van der Waals surface area contributed by atoms with Crippen molar-refractivity contribution in [2.45, 2.75) is 32.7 Å². The van der Waals surface area contributed by atoms with E-state index in [2.05, 4.69) is 34.5 Å². The highest BCUT2D eigenvalue weighted by Gasteiger charge is 2.08. The van der Waals surface area contributed by atoms with Crippen LogP contribution in [0.15, 0.2) is 35.5 Å². The fraction of sp³-hybridized carbons (Fsp3) is 0.412. The Morgan fingerprint density at radius 3 is 2.62 bits per heavy atom. The fourth-order valence-corrected chi connectivity index (χ4v) is 3.14. The molecule has 0 aliphatic rings. The Bertz CT molecular complexity index is 642. The minimum Gasteiger partial charge on any atom is -0.356 e. The second-order valence-electron chi connectivity index (χ2n) is 5.24. The molecule has 2 N–H and O–H groups in total. The van der Waals surface area contributed by atoms with Crippen molar-refractivity contribution in [3.8, 4) is 0 Å². The van der Waals surface area contributed by atoms with Gasteiger partial charge in [0.2, 0.25) is 0 Å². The van der Waals surface area contributed by atoms with Crippen molar-refractivity contribution in [2.24, 2.45) is 4.99 Å². The quantitative estimate of drug-likeness (QED) is 0.366. The molecule has 2 aromatic rings. The lowest BCUT2D eigenvalue weighted by atomic mass is 10.1. The van der Waals surface area contributed by atoms with Gasteiger partial charge in [0.25, 0.3) is 0 Å². The average Bonchev–Trinajstić information content (AvgIpc) is 3.02. The van der Waals surface area contributed by atoms with E-state index < -0.39 is 0 Å². The summed E-state index contributed by atoms with van der Waals surface area (Å²) >= 11 is 7.71. The van der Waals surface area contributed by atoms with E-state index in [4.69, 9.17) is 11.6 Å². The molecule has 7 heteroatoms. The van der Waals surface area contributed by atoms with Crippen LogP contribution in [0.2, 0.25) is 5.02 Å². The Morgan fingerprint density at radius 1 is 1.33 bits per heavy atom. The molecular formula is C17H24ClIN4S. The molecule has 0 radical (unpaired) electrons. The number of aliphatic imine (C=N–C) groups is 1. The van der Waals surface area contributed by atoms with Crippen molar-refractivity contribution in [1.29, 1.82) is 0 Å². The van der Waals surface area contributed by atoms with Gasteiger partial charge in [-0.05, 0) is 31.0 Å². The molecule has 0 aliphatic heterocycles. The minimum absolute atomic E-state index is 0. The molecule has 1 unspecified atom stereocenters. The van der Waals surface area contributed by atoms with Gasteiger partial charge >= 0.3 is 0 Å². The third-order valence-corrected chi connectivity index (χ3v) is 4.98. The number of guanidine groups is 1. The maximum Gasteiger partial charge on any atom is 0.191 e. The average molecular weight is 479 g/mol. The maximum absolute atomic E-state index is 5.93. The van der Waals surface area contributed by atoms with E-state index in [0.717, 1.165) is 35.4 Å². The predicted octanol–water partition coefficient (Wildman–Crippen LogP) is 4.45. The number of rotatable bonds is 6. The number of halogens is 2. The van der Waals surface area contributed by atoms with Crippen LogP contribution in [0.5, 0.6) is 0 Å². The van der Waals surface area contributed by atoms with Crippen LogP contribution in [0.1, 0.15) is 35.3 Å². The fourth-order valence-electron chi connectivity index (χ4n) is 2.15. The zero-order chi connectivity index (χ0) is 16.7. The van der Waals surface area contributed by atoms with E-state index in [1.807, 2.05) is 30.5 Å². The lowest BCUT2D eigenvalue weighted by Crippen LogP contribution is -2.39. The summed E-state index contributed by atoms with van der Waals surface area (Å²) in [5.74, 6) is 0.791. The van der Waals surface area contributed by atoms with Crippen LogP contribution in [-0.2, 0) is 12.8 Å². The Balaban J connectivity index is 0.00000288. The lowest BCUT2D eigenvalue weighted by molar-refractivity contribution is 0.684. The summed E-state index contributed by atoms with van der Waals surface area (Å²) in [7, 11) is 1.78. The summed E-state index contributed by atoms with van der Waals surface area (Å²) < 4.78 is 0. The second-order valence-corrected chi connectivity index (χ2v) is 6.88. The first-order valence-corrected chi connectivity index (χ1v) is 8.98. The lowest BCUT2D eigenvalue weighted by Gasteiger charge is -2.18. The molecule has 0 saturated heterocycles. The molecule has 1 atom stereocenters. The third-order valence-electron chi connectivity index (χ3n) is 3.53. The Hall–Kier alpha value is -0.860. The molecule has 0 amide bonds. The Kier molecular flexibility index (Phi) is 9.61. The van der Waals surface area contributed by atoms with Crippen LogP contribution in [0.3, 0.4) is 0 Å². The zero-order valence-electron chi connectivity index (χ0n) is 14.2. The number of hydrogen-bond donors (Lipinski definition) is 2. The van der Waals surface area contributed by atoms with Gasteiger partial charge in [-0.2, -0.15) is 0 Å². The Morgan fingerprint density at radius 2 is 2.04 bits per heavy atom. The molecule has 24 heavy (non-hydrogen) atoms. The minimum atomic E-state index is 0. The van der Waals surface area contributed by atoms with Crippen LogP contribution < -0.4 is 10.6 Å². The summed E-state index contributed by atoms with van der Waals surface area (Å²) in [4.78, 5) is 10.0. The number of benzene rings is 1. The van der Waals surface area contributed by atoms with Gasteiger partial charge in [0.1, 0.15) is 0 Å². The summed E-state index contributed by atoms with van der Waals surface area (Å²) in [6, 6.07) is 8.01. The van der Waals surface area contributed by atoms with Gasteiger partial charge in [-0.15, -0.1) is 35.3 Å². The van der Waals surface area contributed by atoms with E-state index in [-0.39, 0.29) is 30.0 Å². The first kappa shape index (κ1) is 21.2. The van der Waals surface area contributed by atoms with E-state index >= 15 is 0 Å². The number of nitrogens with one attached hydrogen (secondary N) is 2. The molecule has 0 bridgehead atoms. The summed E-state index contributed by atoms with van der Waals surface area (Å²) in [5, 5.41) is 8.63. The molecule has 1 aromatic carbocycles. The third kappa shape index (κ3) is 6.57. The molecule has 0 saturated carbocycles. The highest BCUT2D eigenvalue weighted by Crippen LogP contribution is 2.16. The number of nitrogens with zero attached hydrogens (tertiary/aromatic N) is 2. The van der Waals surface area contributed by atoms with Crippen LogP contribution in [0, 0.1) is 0 Å². The second kappa shape index (κ2) is 10.9. The van der Waals surface area contributed by atoms with Crippen molar-refractivity contribution in [3.63, 3.8) is 0 Å². The van der Waals surface area contributed by atoms with Crippen molar-refractivity contribution >= 4 is 52.9 Å². The summed E-state index contributed by atoms with van der Waals surface area (Å²) in [6.45, 7) is 5.06. The predicted molar refractivity (Wildman–Crippen MR) is 115 cm³/mol. The SMILES string of the molecule is CCc1cnc(CCNC(=NC)NC(C)c2ccc(Cl)cc2)s1.I. The maximum atomic E-state index is 5.93. The van der Waals surface area contributed by atoms with Crippen LogP contribution in [-0.4, -0.2) is 24.5 Å². The monoisotopic (exact) mass is 478 g/mol. The van der Waals surface area contributed by atoms with Crippen molar-refractivity contribution in [2.75, 3.05) is 13.6 Å². The molecular weight excluding hydrogens is 455 g/mol. The largest absolute Gasteiger partial charge is 0.356 e. The number of thiazole rings is 1. The van der Waals surface area contributed by atoms with Gasteiger partial charge in [-0.25, -0.2) is 4.98 Å². The van der Waals surface area contributed by atoms with Crippen LogP contribution >= 0.6 is 46.9 Å². The van der Waals surface area contributed by atoms with Gasteiger partial charge in [0, 0.05) is 36.1 Å². The van der Waals surface area contributed by atoms with Gasteiger partial charge in [-0.3, -0.25) is 4.99 Å². The van der Waals surface area contributed by atoms with Gasteiger partial charge in [-0.1, -0.05) is 30.7 Å². The van der Waals surface area contributed by atoms with Crippen LogP contribution in [0.25, 0.3) is 0 Å². The molecule has 4 nitrogen and oxygen atoms in total. The number of aryl methyl sites for hydroxylation is 1. The first-order valence-electron chi connectivity index (χ1n) is 7.78.